The Morgan fingerprint density at radius 1 is 1.17 bits per heavy atom. The molecule has 1 aliphatic carbocycles. The number of hydrogen-bond acceptors (Lipinski definition) is 9. The lowest BCUT2D eigenvalue weighted by Gasteiger charge is -2.48. The molecule has 2 N–H and O–H groups in total. The third-order valence-electron chi connectivity index (χ3n) is 7.51. The van der Waals surface area contributed by atoms with Crippen molar-refractivity contribution in [3.05, 3.63) is 41.2 Å². The smallest absolute Gasteiger partial charge is 0.316 e. The highest BCUT2D eigenvalue weighted by Crippen LogP contribution is 2.48. The van der Waals surface area contributed by atoms with Crippen LogP contribution < -0.4 is 15.5 Å². The lowest BCUT2D eigenvalue weighted by Crippen LogP contribution is -2.62. The summed E-state index contributed by atoms with van der Waals surface area (Å²) in [6.45, 7) is 4.46. The molecule has 3 atom stereocenters. The molecule has 4 heterocycles. The largest absolute Gasteiger partial charge is 0.402 e. The van der Waals surface area contributed by atoms with E-state index in [-0.39, 0.29) is 47.8 Å². The molecule has 1 unspecified atom stereocenters. The summed E-state index contributed by atoms with van der Waals surface area (Å²) in [6, 6.07) is 4.25. The second-order valence-corrected chi connectivity index (χ2v) is 10.0. The summed E-state index contributed by atoms with van der Waals surface area (Å²) in [4.78, 5) is 25.3. The number of nitrogens with zero attached hydrogens (tertiary/aromatic N) is 4. The topological polar surface area (TPSA) is 126 Å². The zero-order valence-electron chi connectivity index (χ0n) is 19.7. The molecule has 1 saturated carbocycles. The molecule has 2 amide bonds. The summed E-state index contributed by atoms with van der Waals surface area (Å²) in [5.41, 5.74) is 0.568. The number of piperidine rings is 1. The van der Waals surface area contributed by atoms with Crippen molar-refractivity contribution in [1.82, 2.24) is 20.7 Å². The monoisotopic (exact) mass is 498 g/mol. The van der Waals surface area contributed by atoms with E-state index in [9.17, 15) is 18.4 Å². The van der Waals surface area contributed by atoms with Crippen molar-refractivity contribution in [3.63, 3.8) is 0 Å². The molecule has 0 bridgehead atoms. The van der Waals surface area contributed by atoms with Gasteiger partial charge in [-0.05, 0) is 38.3 Å². The molecule has 188 valence electrons. The van der Waals surface area contributed by atoms with Gasteiger partial charge in [0.25, 0.3) is 5.89 Å². The molecule has 3 aromatic rings. The highest BCUT2D eigenvalue weighted by atomic mass is 19.1. The molecule has 36 heavy (non-hydrogen) atoms. The van der Waals surface area contributed by atoms with Gasteiger partial charge in [-0.15, -0.1) is 5.10 Å². The molecular weight excluding hydrogens is 474 g/mol. The van der Waals surface area contributed by atoms with Gasteiger partial charge < -0.3 is 19.2 Å². The Balaban J connectivity index is 1.12. The van der Waals surface area contributed by atoms with Crippen LogP contribution >= 0.6 is 0 Å². The Kier molecular flexibility index (Phi) is 5.09. The number of carbonyl (C=O) groups excluding carboxylic acids is 2. The quantitative estimate of drug-likeness (QED) is 0.493. The first-order valence-electron chi connectivity index (χ1n) is 11.9. The predicted molar refractivity (Wildman–Crippen MR) is 122 cm³/mol. The molecule has 3 fully saturated rings. The summed E-state index contributed by atoms with van der Waals surface area (Å²) in [6.07, 6.45) is 2.23. The summed E-state index contributed by atoms with van der Waals surface area (Å²) in [5, 5.41) is 17.4. The molecule has 12 heteroatoms. The number of halogens is 2. The Morgan fingerprint density at radius 3 is 2.58 bits per heavy atom. The van der Waals surface area contributed by atoms with Crippen molar-refractivity contribution in [2.24, 2.45) is 0 Å². The van der Waals surface area contributed by atoms with E-state index in [1.54, 1.807) is 0 Å². The number of nitrogens with one attached hydrogen (secondary N) is 2. The number of rotatable bonds is 6. The number of aromatic nitrogens is 3. The van der Waals surface area contributed by atoms with Gasteiger partial charge in [-0.1, -0.05) is 17.2 Å². The molecule has 3 aliphatic rings. The van der Waals surface area contributed by atoms with Crippen LogP contribution in [0.1, 0.15) is 56.8 Å². The zero-order valence-corrected chi connectivity index (χ0v) is 19.7. The summed E-state index contributed by atoms with van der Waals surface area (Å²) in [7, 11) is 0. The molecule has 10 nitrogen and oxygen atoms in total. The molecular formula is C24H24F2N6O4. The van der Waals surface area contributed by atoms with E-state index in [1.165, 1.54) is 12.1 Å². The van der Waals surface area contributed by atoms with Crippen LogP contribution in [0, 0.1) is 11.6 Å². The van der Waals surface area contributed by atoms with Gasteiger partial charge in [0.05, 0.1) is 12.0 Å². The van der Waals surface area contributed by atoms with E-state index in [2.05, 4.69) is 32.9 Å². The van der Waals surface area contributed by atoms with Crippen LogP contribution in [0.25, 0.3) is 11.6 Å². The summed E-state index contributed by atoms with van der Waals surface area (Å²) < 4.78 is 40.9. The van der Waals surface area contributed by atoms with Gasteiger partial charge in [-0.2, -0.15) is 0 Å². The normalized spacial score (nSPS) is 24.9. The lowest BCUT2D eigenvalue weighted by molar-refractivity contribution is -0.134. The number of carbonyl (C=O) groups is 2. The Hall–Kier alpha value is -3.83. The third-order valence-corrected chi connectivity index (χ3v) is 7.51. The van der Waals surface area contributed by atoms with Gasteiger partial charge in [-0.3, -0.25) is 14.9 Å². The lowest BCUT2D eigenvalue weighted by atomic mass is 9.89. The molecule has 0 radical (unpaired) electrons. The second kappa shape index (κ2) is 8.10. The average Bonchev–Trinajstić information content (AvgIpc) is 3.23. The van der Waals surface area contributed by atoms with Gasteiger partial charge in [0.2, 0.25) is 11.8 Å². The number of benzene rings is 1. The van der Waals surface area contributed by atoms with Crippen LogP contribution in [0.4, 0.5) is 20.5 Å². The van der Waals surface area contributed by atoms with Crippen molar-refractivity contribution in [1.29, 1.82) is 0 Å². The maximum absolute atomic E-state index is 14.9. The van der Waals surface area contributed by atoms with Gasteiger partial charge in [0.15, 0.2) is 5.69 Å². The highest BCUT2D eigenvalue weighted by Gasteiger charge is 2.43. The Labute approximate surface area is 204 Å². The van der Waals surface area contributed by atoms with E-state index < -0.39 is 29.4 Å². The zero-order chi connectivity index (χ0) is 25.2. The van der Waals surface area contributed by atoms with Crippen molar-refractivity contribution < 1.29 is 27.3 Å². The first-order chi connectivity index (χ1) is 17.2. The Morgan fingerprint density at radius 2 is 1.92 bits per heavy atom. The first-order valence-corrected chi connectivity index (χ1v) is 11.9. The number of anilines is 2. The fourth-order valence-corrected chi connectivity index (χ4v) is 4.79. The van der Waals surface area contributed by atoms with E-state index in [0.717, 1.165) is 18.6 Å². The standard InChI is InChI=1S/C24H24F2N6O4/c1-11-17(27-23-30-29-22(35-23)16-9-18(36-31-16)24(2)5-6-24)10-32(11)12-7-14(25)20(15(26)8-12)13-3-4-19(33)28-21(13)34/h7-9,11,13,17H,3-6,10H2,1-2H3,(H,27,30)(H,28,33,34)/t11-,13?,17+/m1/s1. The minimum absolute atomic E-state index is 0.0379. The van der Waals surface area contributed by atoms with Crippen LogP contribution in [0.3, 0.4) is 0 Å². The van der Waals surface area contributed by atoms with E-state index in [1.807, 2.05) is 17.9 Å². The minimum atomic E-state index is -1.03. The number of imide groups is 1. The maximum atomic E-state index is 14.9. The Bertz CT molecular complexity index is 1340. The summed E-state index contributed by atoms with van der Waals surface area (Å²) in [5.74, 6) is -2.72. The van der Waals surface area contributed by atoms with Crippen LogP contribution in [-0.4, -0.2) is 45.8 Å². The average molecular weight is 498 g/mol. The fourth-order valence-electron chi connectivity index (χ4n) is 4.79. The van der Waals surface area contributed by atoms with Crippen molar-refractivity contribution >= 4 is 23.5 Å². The van der Waals surface area contributed by atoms with Crippen molar-refractivity contribution in [2.45, 2.75) is 62.9 Å². The van der Waals surface area contributed by atoms with Crippen LogP contribution in [0.15, 0.2) is 27.1 Å². The van der Waals surface area contributed by atoms with Crippen LogP contribution in [0.5, 0.6) is 0 Å². The van der Waals surface area contributed by atoms with E-state index in [4.69, 9.17) is 8.94 Å². The van der Waals surface area contributed by atoms with Gasteiger partial charge in [-0.25, -0.2) is 8.78 Å². The minimum Gasteiger partial charge on any atom is -0.402 e. The van der Waals surface area contributed by atoms with E-state index >= 15 is 0 Å². The molecule has 6 rings (SSSR count). The molecule has 2 aliphatic heterocycles. The van der Waals surface area contributed by atoms with Gasteiger partial charge >= 0.3 is 6.01 Å². The van der Waals surface area contributed by atoms with Crippen molar-refractivity contribution in [3.8, 4) is 11.6 Å². The van der Waals surface area contributed by atoms with Crippen LogP contribution in [-0.2, 0) is 15.0 Å². The summed E-state index contributed by atoms with van der Waals surface area (Å²) >= 11 is 0. The SMILES string of the molecule is C[C@@H]1[C@@H](Nc2nnc(-c3cc(C4(C)CC4)on3)o2)CN1c1cc(F)c(C2CCC(=O)NC2=O)c(F)c1. The number of amides is 2. The second-order valence-electron chi connectivity index (χ2n) is 10.0. The molecule has 1 aromatic carbocycles. The fraction of sp³-hybridized carbons (Fsp3) is 0.458. The van der Waals surface area contributed by atoms with Crippen molar-refractivity contribution in [2.75, 3.05) is 16.8 Å². The van der Waals surface area contributed by atoms with E-state index in [0.29, 0.717) is 17.9 Å². The number of hydrogen-bond donors (Lipinski definition) is 2. The maximum Gasteiger partial charge on any atom is 0.316 e. The first kappa shape index (κ1) is 22.6. The molecule has 2 saturated heterocycles. The van der Waals surface area contributed by atoms with Crippen LogP contribution in [0.2, 0.25) is 0 Å². The molecule has 0 spiro atoms. The third kappa shape index (κ3) is 3.80. The highest BCUT2D eigenvalue weighted by molar-refractivity contribution is 6.01. The molecule has 2 aromatic heterocycles. The predicted octanol–water partition coefficient (Wildman–Crippen LogP) is 3.26. The van der Waals surface area contributed by atoms with Gasteiger partial charge in [0, 0.05) is 41.7 Å². The van der Waals surface area contributed by atoms with Gasteiger partial charge in [0.1, 0.15) is 17.4 Å².